The second kappa shape index (κ2) is 7.19. The van der Waals surface area contributed by atoms with Gasteiger partial charge in [-0.25, -0.2) is 14.8 Å². The molecular weight excluding hydrogens is 350 g/mol. The van der Waals surface area contributed by atoms with Crippen molar-refractivity contribution in [1.29, 1.82) is 0 Å². The number of carbonyl (C=O) groups excluding carboxylic acids is 1. The Hall–Kier alpha value is -2.22. The number of piperidine rings is 1. The Morgan fingerprint density at radius 3 is 2.69 bits per heavy atom. The van der Waals surface area contributed by atoms with E-state index in [-0.39, 0.29) is 6.03 Å². The Labute approximate surface area is 157 Å². The summed E-state index contributed by atoms with van der Waals surface area (Å²) in [6.45, 7) is 3.36. The summed E-state index contributed by atoms with van der Waals surface area (Å²) in [5.74, 6) is 1.81. The zero-order valence-electron chi connectivity index (χ0n) is 15.1. The van der Waals surface area contributed by atoms with Crippen molar-refractivity contribution < 1.29 is 9.53 Å². The highest BCUT2D eigenvalue weighted by Gasteiger charge is 2.31. The van der Waals surface area contributed by atoms with Crippen LogP contribution in [0.4, 0.5) is 10.6 Å². The van der Waals surface area contributed by atoms with E-state index in [1.54, 1.807) is 25.2 Å². The van der Waals surface area contributed by atoms with Crippen molar-refractivity contribution in [2.24, 2.45) is 0 Å². The third kappa shape index (κ3) is 3.02. The van der Waals surface area contributed by atoms with E-state index in [0.717, 1.165) is 66.4 Å². The van der Waals surface area contributed by atoms with Gasteiger partial charge in [-0.3, -0.25) is 0 Å². The summed E-state index contributed by atoms with van der Waals surface area (Å²) in [6.07, 6.45) is 5.59. The predicted molar refractivity (Wildman–Crippen MR) is 103 cm³/mol. The minimum Gasteiger partial charge on any atom is -0.496 e. The van der Waals surface area contributed by atoms with Gasteiger partial charge in [0.1, 0.15) is 17.9 Å². The van der Waals surface area contributed by atoms with Crippen LogP contribution in [0.5, 0.6) is 5.75 Å². The van der Waals surface area contributed by atoms with Crippen molar-refractivity contribution in [2.75, 3.05) is 44.4 Å². The van der Waals surface area contributed by atoms with Gasteiger partial charge < -0.3 is 19.9 Å². The number of thioether (sulfide) groups is 1. The van der Waals surface area contributed by atoms with Gasteiger partial charge >= 0.3 is 6.03 Å². The molecule has 2 saturated heterocycles. The number of hydrogen-bond donors (Lipinski definition) is 1. The molecule has 0 spiro atoms. The third-order valence-electron chi connectivity index (χ3n) is 5.21. The standard InChI is InChI=1S/C18H23N5O2S/c1-25-15-10-14-13(9-16(15)26-2)17(21-11-20-14)22-6-3-12(4-7-22)23-8-5-19-18(23)24/h9-12H,3-8H2,1-2H3,(H,19,24). The van der Waals surface area contributed by atoms with Crippen molar-refractivity contribution >= 4 is 34.5 Å². The SMILES string of the molecule is COc1cc2ncnc(N3CCC(N4CCNC4=O)CC3)c2cc1SC. The van der Waals surface area contributed by atoms with E-state index < -0.39 is 0 Å². The molecule has 0 bridgehead atoms. The molecule has 8 heteroatoms. The number of hydrogen-bond acceptors (Lipinski definition) is 6. The van der Waals surface area contributed by atoms with Crippen molar-refractivity contribution in [3.63, 3.8) is 0 Å². The first-order valence-electron chi connectivity index (χ1n) is 8.87. The molecule has 2 fully saturated rings. The van der Waals surface area contributed by atoms with Gasteiger partial charge in [0.25, 0.3) is 0 Å². The smallest absolute Gasteiger partial charge is 0.317 e. The number of ether oxygens (including phenoxy) is 1. The monoisotopic (exact) mass is 373 g/mol. The Kier molecular flexibility index (Phi) is 4.76. The second-order valence-electron chi connectivity index (χ2n) is 6.57. The number of fused-ring (bicyclic) bond motifs is 1. The molecule has 1 aromatic carbocycles. The molecule has 0 atom stereocenters. The average Bonchev–Trinajstić information content (AvgIpc) is 3.12. The van der Waals surface area contributed by atoms with Crippen LogP contribution < -0.4 is 15.0 Å². The molecule has 0 radical (unpaired) electrons. The summed E-state index contributed by atoms with van der Waals surface area (Å²) in [5, 5.41) is 3.95. The van der Waals surface area contributed by atoms with E-state index in [1.165, 1.54) is 0 Å². The first-order valence-corrected chi connectivity index (χ1v) is 10.1. The number of amides is 2. The van der Waals surface area contributed by atoms with E-state index in [2.05, 4.69) is 26.3 Å². The quantitative estimate of drug-likeness (QED) is 0.830. The van der Waals surface area contributed by atoms with Crippen LogP contribution in [0.25, 0.3) is 10.9 Å². The molecule has 2 amide bonds. The molecule has 3 heterocycles. The predicted octanol–water partition coefficient (Wildman–Crippen LogP) is 2.35. The highest BCUT2D eigenvalue weighted by Crippen LogP contribution is 2.35. The highest BCUT2D eigenvalue weighted by molar-refractivity contribution is 7.98. The number of methoxy groups -OCH3 is 1. The van der Waals surface area contributed by atoms with Gasteiger partial charge in [-0.2, -0.15) is 0 Å². The van der Waals surface area contributed by atoms with E-state index in [0.29, 0.717) is 6.04 Å². The zero-order chi connectivity index (χ0) is 18.1. The minimum absolute atomic E-state index is 0.0765. The fourth-order valence-corrected chi connectivity index (χ4v) is 4.42. The van der Waals surface area contributed by atoms with E-state index >= 15 is 0 Å². The molecule has 26 heavy (non-hydrogen) atoms. The fraction of sp³-hybridized carbons (Fsp3) is 0.500. The number of benzene rings is 1. The maximum Gasteiger partial charge on any atom is 0.317 e. The highest BCUT2D eigenvalue weighted by atomic mass is 32.2. The van der Waals surface area contributed by atoms with Crippen LogP contribution in [0.2, 0.25) is 0 Å². The maximum absolute atomic E-state index is 11.9. The number of rotatable bonds is 4. The van der Waals surface area contributed by atoms with E-state index in [9.17, 15) is 4.79 Å². The number of urea groups is 1. The second-order valence-corrected chi connectivity index (χ2v) is 7.41. The summed E-state index contributed by atoms with van der Waals surface area (Å²) in [7, 11) is 1.68. The fourth-order valence-electron chi connectivity index (χ4n) is 3.85. The molecule has 2 aliphatic heterocycles. The largest absolute Gasteiger partial charge is 0.496 e. The van der Waals surface area contributed by atoms with E-state index in [4.69, 9.17) is 4.74 Å². The molecule has 138 valence electrons. The van der Waals surface area contributed by atoms with Crippen LogP contribution in [0.1, 0.15) is 12.8 Å². The van der Waals surface area contributed by atoms with Crippen LogP contribution in [-0.2, 0) is 0 Å². The summed E-state index contributed by atoms with van der Waals surface area (Å²) in [4.78, 5) is 26.3. The molecular formula is C18H23N5O2S. The van der Waals surface area contributed by atoms with Crippen LogP contribution in [-0.4, -0.2) is 66.5 Å². The Balaban J connectivity index is 1.58. The summed E-state index contributed by atoms with van der Waals surface area (Å²) in [5.41, 5.74) is 0.894. The van der Waals surface area contributed by atoms with Crippen molar-refractivity contribution in [2.45, 2.75) is 23.8 Å². The van der Waals surface area contributed by atoms with Gasteiger partial charge in [-0.05, 0) is 25.2 Å². The molecule has 2 aromatic rings. The lowest BCUT2D eigenvalue weighted by Gasteiger charge is -2.37. The summed E-state index contributed by atoms with van der Waals surface area (Å²) < 4.78 is 5.47. The van der Waals surface area contributed by atoms with Gasteiger partial charge in [-0.15, -0.1) is 11.8 Å². The molecule has 1 aromatic heterocycles. The van der Waals surface area contributed by atoms with Crippen LogP contribution in [0.15, 0.2) is 23.4 Å². The first-order chi connectivity index (χ1) is 12.7. The van der Waals surface area contributed by atoms with Crippen LogP contribution in [0.3, 0.4) is 0 Å². The first kappa shape index (κ1) is 17.2. The molecule has 1 N–H and O–H groups in total. The van der Waals surface area contributed by atoms with Crippen molar-refractivity contribution in [3.05, 3.63) is 18.5 Å². The molecule has 0 unspecified atom stereocenters. The number of anilines is 1. The van der Waals surface area contributed by atoms with Gasteiger partial charge in [-0.1, -0.05) is 0 Å². The molecule has 2 aliphatic rings. The third-order valence-corrected chi connectivity index (χ3v) is 5.97. The van der Waals surface area contributed by atoms with Gasteiger partial charge in [0.2, 0.25) is 0 Å². The van der Waals surface area contributed by atoms with Gasteiger partial charge in [0, 0.05) is 48.6 Å². The van der Waals surface area contributed by atoms with Crippen LogP contribution >= 0.6 is 11.8 Å². The zero-order valence-corrected chi connectivity index (χ0v) is 15.9. The number of carbonyl (C=O) groups is 1. The number of nitrogens with zero attached hydrogens (tertiary/aromatic N) is 4. The normalized spacial score (nSPS) is 18.5. The number of aromatic nitrogens is 2. The van der Waals surface area contributed by atoms with Gasteiger partial charge in [0.15, 0.2) is 0 Å². The molecule has 4 rings (SSSR count). The Bertz CT molecular complexity index is 823. The molecule has 0 saturated carbocycles. The van der Waals surface area contributed by atoms with E-state index in [1.807, 2.05) is 17.2 Å². The molecule has 0 aliphatic carbocycles. The van der Waals surface area contributed by atoms with Gasteiger partial charge in [0.05, 0.1) is 12.6 Å². The lowest BCUT2D eigenvalue weighted by atomic mass is 10.0. The lowest BCUT2D eigenvalue weighted by Crippen LogP contribution is -2.46. The van der Waals surface area contributed by atoms with Crippen molar-refractivity contribution in [3.8, 4) is 5.75 Å². The number of nitrogens with one attached hydrogen (secondary N) is 1. The topological polar surface area (TPSA) is 70.6 Å². The van der Waals surface area contributed by atoms with Crippen molar-refractivity contribution in [1.82, 2.24) is 20.2 Å². The minimum atomic E-state index is 0.0765. The summed E-state index contributed by atoms with van der Waals surface area (Å²) >= 11 is 1.66. The lowest BCUT2D eigenvalue weighted by molar-refractivity contribution is 0.186. The maximum atomic E-state index is 11.9. The Morgan fingerprint density at radius 2 is 2.04 bits per heavy atom. The molecule has 7 nitrogen and oxygen atoms in total. The van der Waals surface area contributed by atoms with Crippen LogP contribution in [0, 0.1) is 0 Å². The average molecular weight is 373 g/mol. The Morgan fingerprint density at radius 1 is 1.23 bits per heavy atom. The summed E-state index contributed by atoms with van der Waals surface area (Å²) in [6, 6.07) is 4.50.